The van der Waals surface area contributed by atoms with Gasteiger partial charge in [-0.05, 0) is 96.5 Å². The van der Waals surface area contributed by atoms with Crippen LogP contribution < -0.4 is 10.7 Å². The largest absolute Gasteiger partial charge is 0.508 e. The summed E-state index contributed by atoms with van der Waals surface area (Å²) in [7, 11) is 3.51. The van der Waals surface area contributed by atoms with Crippen molar-refractivity contribution in [1.82, 2.24) is 35.1 Å². The molecule has 0 spiro atoms. The van der Waals surface area contributed by atoms with Gasteiger partial charge in [-0.3, -0.25) is 29.1 Å². The number of hydrogen-bond donors (Lipinski definition) is 3. The van der Waals surface area contributed by atoms with E-state index >= 15 is 0 Å². The zero-order valence-electron chi connectivity index (χ0n) is 38.9. The summed E-state index contributed by atoms with van der Waals surface area (Å²) < 4.78 is 13.6. The summed E-state index contributed by atoms with van der Waals surface area (Å²) in [5.74, 6) is -1.42. The van der Waals surface area contributed by atoms with Crippen molar-refractivity contribution in [3.63, 3.8) is 0 Å². The second kappa shape index (κ2) is 21.6. The minimum absolute atomic E-state index is 0. The predicted molar refractivity (Wildman–Crippen MR) is 246 cm³/mol. The molecule has 3 amide bonds. The summed E-state index contributed by atoms with van der Waals surface area (Å²) in [6.45, 7) is 14.0. The number of nitriles is 1. The van der Waals surface area contributed by atoms with Crippen LogP contribution in [0.1, 0.15) is 63.8 Å². The molecule has 6 bridgehead atoms. The fourth-order valence-corrected chi connectivity index (χ4v) is 9.79. The van der Waals surface area contributed by atoms with Gasteiger partial charge >= 0.3 is 0 Å². The number of fused-ring (bicyclic) bond motifs is 6. The maximum Gasteiger partial charge on any atom is 0.257 e. The Bertz CT molecular complexity index is 2500. The number of carbonyl (C=O) groups is 4. The first-order chi connectivity index (χ1) is 31.1. The quantitative estimate of drug-likeness (QED) is 0.0974. The number of phenolic OH excluding ortho intramolecular Hbond substituents is 1. The topological polar surface area (TPSA) is 182 Å². The number of benzene rings is 2. The third-order valence-corrected chi connectivity index (χ3v) is 12.7. The van der Waals surface area contributed by atoms with Crippen molar-refractivity contribution < 1.29 is 64.9 Å². The molecule has 3 atom stereocenters. The number of phenols is 1. The first-order valence-electron chi connectivity index (χ1n) is 22.4. The Labute approximate surface area is 411 Å². The van der Waals surface area contributed by atoms with Crippen LogP contribution in [0.4, 0.5) is 0 Å². The van der Waals surface area contributed by atoms with Crippen molar-refractivity contribution in [2.45, 2.75) is 85.0 Å². The van der Waals surface area contributed by atoms with Crippen molar-refractivity contribution >= 4 is 34.6 Å². The Morgan fingerprint density at radius 1 is 1.18 bits per heavy atom. The van der Waals surface area contributed by atoms with Crippen molar-refractivity contribution in [3.8, 4) is 34.2 Å². The van der Waals surface area contributed by atoms with E-state index < -0.39 is 29.4 Å². The molecule has 2 aromatic heterocycles. The molecule has 66 heavy (non-hydrogen) atoms. The molecule has 15 nitrogen and oxygen atoms in total. The number of amides is 3. The van der Waals surface area contributed by atoms with Gasteiger partial charge in [0.1, 0.15) is 18.3 Å². The van der Waals surface area contributed by atoms with Crippen molar-refractivity contribution in [2.75, 3.05) is 46.9 Å². The molecule has 0 radical (unpaired) electrons. The summed E-state index contributed by atoms with van der Waals surface area (Å²) in [6.07, 6.45) is 5.19. The fourth-order valence-electron chi connectivity index (χ4n) is 9.79. The molecule has 1 unspecified atom stereocenters. The molecule has 16 heteroatoms. The minimum atomic E-state index is -1.09. The smallest absolute Gasteiger partial charge is 0.257 e. The molecule has 0 aliphatic carbocycles. The van der Waals surface area contributed by atoms with Gasteiger partial charge in [-0.25, -0.2) is 0 Å². The number of cyclic esters (lactones) is 1. The molecule has 3 aliphatic rings. The number of carbonyl (C=O) groups excluding carboxylic acids is 4. The van der Waals surface area contributed by atoms with Gasteiger partial charge in [0.2, 0.25) is 11.8 Å². The van der Waals surface area contributed by atoms with Crippen molar-refractivity contribution in [1.29, 1.82) is 5.26 Å². The van der Waals surface area contributed by atoms with Crippen LogP contribution in [0, 0.1) is 65.7 Å². The van der Waals surface area contributed by atoms with E-state index in [2.05, 4.69) is 34.4 Å². The number of nitrogens with one attached hydrogen (secondary N) is 2. The second-order valence-corrected chi connectivity index (χ2v) is 18.8. The zero-order chi connectivity index (χ0) is 46.6. The van der Waals surface area contributed by atoms with Crippen LogP contribution in [0.25, 0.3) is 33.3 Å². The van der Waals surface area contributed by atoms with Gasteiger partial charge in [-0.2, -0.15) is 11.3 Å². The Balaban J connectivity index is 0.00000720. The average Bonchev–Trinajstić information content (AvgIpc) is 3.86. The molecule has 4 aromatic rings. The van der Waals surface area contributed by atoms with Gasteiger partial charge in [-0.1, -0.05) is 52.8 Å². The molecule has 348 valence electrons. The van der Waals surface area contributed by atoms with Crippen LogP contribution in [0.15, 0.2) is 67.4 Å². The van der Waals surface area contributed by atoms with Gasteiger partial charge in [0.15, 0.2) is 5.97 Å². The maximum atomic E-state index is 14.7. The summed E-state index contributed by atoms with van der Waals surface area (Å²) in [5, 5.41) is 26.8. The summed E-state index contributed by atoms with van der Waals surface area (Å²) >= 11 is 0. The van der Waals surface area contributed by atoms with E-state index in [1.807, 2.05) is 74.5 Å². The Hall–Kier alpha value is -5.16. The van der Waals surface area contributed by atoms with E-state index in [0.717, 1.165) is 39.7 Å². The number of hydrazine groups is 1. The fraction of sp³-hybridized carbons (Fsp3) is 0.460. The number of aromatic hydroxyl groups is 1. The van der Waals surface area contributed by atoms with Crippen molar-refractivity contribution in [3.05, 3.63) is 90.2 Å². The number of rotatable bonds is 11. The van der Waals surface area contributed by atoms with Gasteiger partial charge in [-0.15, -0.1) is 6.42 Å². The molecule has 3 N–H and O–H groups in total. The number of likely N-dealkylation sites (tertiary alicyclic amines) is 1. The number of methoxy groups -OCH3 is 1. The zero-order valence-corrected chi connectivity index (χ0v) is 43.0. The molecule has 7 rings (SSSR count). The number of aromatic nitrogens is 2. The molecule has 2 aromatic carbocycles. The SMILES string of the molecule is C=CC(=O)N1CC[C@H](CN(C)[C@H](C(=O)NC2Cc3cc(O)cc(c3)-c3ccc4c(c3)c(c(-c3cccnc3COC)n4CC#N)CC(C)(C)COC(=O)[C-]3CCCN(N3)C2=O)C(C)C)C1.[U]. The Kier molecular flexibility index (Phi) is 16.5. The number of ether oxygens (including phenoxy) is 2. The van der Waals surface area contributed by atoms with E-state index in [0.29, 0.717) is 62.3 Å². The van der Waals surface area contributed by atoms with Crippen LogP contribution in [-0.2, 0) is 54.6 Å². The molecule has 2 saturated heterocycles. The molecule has 5 heterocycles. The molecule has 0 saturated carbocycles. The maximum absolute atomic E-state index is 14.7. The summed E-state index contributed by atoms with van der Waals surface area (Å²) in [4.78, 5) is 63.8. The summed E-state index contributed by atoms with van der Waals surface area (Å²) in [5.41, 5.74) is 8.65. The standard InChI is InChI=1S/C50H61N8O7.U/c1-8-44(60)56-19-15-32(28-56)27-55(6)45(31(2)3)47(61)53-41-23-33-21-35(24-36(59)22-33)34-13-14-43-38(25-34)39(46(57(43)20-16-51)37-11-9-17-52-42(37)29-64-7)26-50(4,5)30-65-49(63)40-12-10-18-58(54-40)48(41)62;/h8-9,11,13-14,17,21-22,24-25,31-32,41,45,54,59H,1,10,12,15,18-20,23,26-30H2,2-7H3,(H,53,61);/q-1;/t32-,41?,45+;/m1./s1. The monoisotopic (exact) mass is 1120 g/mol. The van der Waals surface area contributed by atoms with Gasteiger partial charge in [0.25, 0.3) is 5.91 Å². The molecular weight excluding hydrogens is 1060 g/mol. The number of hydrogen-bond acceptors (Lipinski definition) is 11. The van der Waals surface area contributed by atoms with Crippen LogP contribution in [-0.4, -0.2) is 112 Å². The predicted octanol–water partition coefficient (Wildman–Crippen LogP) is 5.55. The minimum Gasteiger partial charge on any atom is -0.508 e. The van der Waals surface area contributed by atoms with Crippen LogP contribution in [0.2, 0.25) is 0 Å². The first kappa shape index (κ1) is 50.3. The van der Waals surface area contributed by atoms with E-state index in [-0.39, 0.29) is 92.7 Å². The van der Waals surface area contributed by atoms with Gasteiger partial charge in [0.05, 0.1) is 36.7 Å². The molecular formula is C50H61N8O7U-. The van der Waals surface area contributed by atoms with Crippen molar-refractivity contribution in [2.24, 2.45) is 17.3 Å². The average molecular weight is 1120 g/mol. The second-order valence-electron chi connectivity index (χ2n) is 18.8. The van der Waals surface area contributed by atoms with E-state index in [1.54, 1.807) is 30.3 Å². The number of likely N-dealkylation sites (N-methyl/N-ethyl adjacent to an activating group) is 1. The number of nitrogens with zero attached hydrogens (tertiary/aromatic N) is 6. The normalized spacial score (nSPS) is 19.2. The number of esters is 1. The van der Waals surface area contributed by atoms with Crippen LogP contribution in [0.5, 0.6) is 5.75 Å². The molecule has 2 fully saturated rings. The van der Waals surface area contributed by atoms with Crippen LogP contribution in [0.3, 0.4) is 0 Å². The third-order valence-electron chi connectivity index (χ3n) is 12.7. The Morgan fingerprint density at radius 3 is 2.70 bits per heavy atom. The van der Waals surface area contributed by atoms with E-state index in [1.165, 1.54) is 11.1 Å². The number of pyridine rings is 1. The molecule has 3 aliphatic heterocycles. The summed E-state index contributed by atoms with van der Waals surface area (Å²) in [6, 6.07) is 15.9. The van der Waals surface area contributed by atoms with E-state index in [9.17, 15) is 29.5 Å². The third kappa shape index (κ3) is 11.2. The first-order valence-corrected chi connectivity index (χ1v) is 22.4. The Morgan fingerprint density at radius 2 is 1.97 bits per heavy atom. The van der Waals surface area contributed by atoms with E-state index in [4.69, 9.17) is 9.47 Å². The van der Waals surface area contributed by atoms with Gasteiger partial charge in [0, 0.05) is 98.9 Å². The van der Waals surface area contributed by atoms with Crippen LogP contribution >= 0.6 is 0 Å². The van der Waals surface area contributed by atoms with Gasteiger partial charge < -0.3 is 39.8 Å².